The van der Waals surface area contributed by atoms with Crippen LogP contribution in [0.4, 0.5) is 5.69 Å². The average Bonchev–Trinajstić information content (AvgIpc) is 3.27. The van der Waals surface area contributed by atoms with Crippen molar-refractivity contribution in [1.29, 1.82) is 0 Å². The summed E-state index contributed by atoms with van der Waals surface area (Å²) in [5.41, 5.74) is 1.94. The highest BCUT2D eigenvalue weighted by molar-refractivity contribution is 5.94. The highest BCUT2D eigenvalue weighted by atomic mass is 16.5. The third-order valence-corrected chi connectivity index (χ3v) is 5.25. The lowest BCUT2D eigenvalue weighted by molar-refractivity contribution is 0.0678. The Morgan fingerprint density at radius 3 is 2.41 bits per heavy atom. The summed E-state index contributed by atoms with van der Waals surface area (Å²) in [5.74, 6) is 0.879. The first-order valence-corrected chi connectivity index (χ1v) is 9.73. The van der Waals surface area contributed by atoms with Crippen LogP contribution in [-0.4, -0.2) is 56.3 Å². The molecule has 5 heteroatoms. The molecule has 4 rings (SSSR count). The van der Waals surface area contributed by atoms with E-state index in [1.807, 2.05) is 35.2 Å². The Labute approximate surface area is 160 Å². The van der Waals surface area contributed by atoms with Crippen LogP contribution in [0.15, 0.2) is 54.6 Å². The number of carbonyl (C=O) groups excluding carboxylic acids is 1. The van der Waals surface area contributed by atoms with E-state index in [9.17, 15) is 4.79 Å². The van der Waals surface area contributed by atoms with Gasteiger partial charge < -0.3 is 19.3 Å². The molecule has 0 spiro atoms. The zero-order valence-electron chi connectivity index (χ0n) is 15.5. The normalized spacial score (nSPS) is 19.9. The standard InChI is InChI=1S/C22H26N2O3/c25-22(24-14-12-23(13-15-24)19-5-2-1-3-6-19)18-8-10-20(11-9-18)27-17-21-7-4-16-26-21/h1-3,5-6,8-11,21H,4,7,12-17H2/t21-/m0/s1. The van der Waals surface area contributed by atoms with Crippen LogP contribution in [0, 0.1) is 0 Å². The molecular weight excluding hydrogens is 340 g/mol. The number of para-hydroxylation sites is 1. The van der Waals surface area contributed by atoms with E-state index in [2.05, 4.69) is 29.2 Å². The molecule has 1 atom stereocenters. The molecule has 0 N–H and O–H groups in total. The second kappa shape index (κ2) is 8.44. The molecule has 0 radical (unpaired) electrons. The van der Waals surface area contributed by atoms with Gasteiger partial charge in [0.05, 0.1) is 6.10 Å². The summed E-state index contributed by atoms with van der Waals surface area (Å²) in [4.78, 5) is 17.0. The lowest BCUT2D eigenvalue weighted by atomic mass is 10.1. The first-order chi connectivity index (χ1) is 13.3. The van der Waals surface area contributed by atoms with Crippen molar-refractivity contribution in [2.75, 3.05) is 44.3 Å². The maximum Gasteiger partial charge on any atom is 0.253 e. The summed E-state index contributed by atoms with van der Waals surface area (Å²) in [7, 11) is 0. The van der Waals surface area contributed by atoms with Crippen molar-refractivity contribution in [3.63, 3.8) is 0 Å². The lowest BCUT2D eigenvalue weighted by Crippen LogP contribution is -2.48. The highest BCUT2D eigenvalue weighted by Crippen LogP contribution is 2.19. The Balaban J connectivity index is 1.29. The number of nitrogens with zero attached hydrogens (tertiary/aromatic N) is 2. The van der Waals surface area contributed by atoms with Crippen LogP contribution in [0.25, 0.3) is 0 Å². The van der Waals surface area contributed by atoms with Crippen molar-refractivity contribution in [1.82, 2.24) is 4.90 Å². The third kappa shape index (κ3) is 4.42. The fourth-order valence-corrected chi connectivity index (χ4v) is 3.65. The van der Waals surface area contributed by atoms with Gasteiger partial charge in [0, 0.05) is 44.0 Å². The van der Waals surface area contributed by atoms with E-state index >= 15 is 0 Å². The van der Waals surface area contributed by atoms with Crippen LogP contribution >= 0.6 is 0 Å². The van der Waals surface area contributed by atoms with Gasteiger partial charge in [0.1, 0.15) is 12.4 Å². The van der Waals surface area contributed by atoms with Crippen molar-refractivity contribution in [2.24, 2.45) is 0 Å². The number of carbonyl (C=O) groups is 1. The molecule has 2 fully saturated rings. The summed E-state index contributed by atoms with van der Waals surface area (Å²) in [6.45, 7) is 4.61. The predicted molar refractivity (Wildman–Crippen MR) is 105 cm³/mol. The molecule has 2 aromatic carbocycles. The van der Waals surface area contributed by atoms with Gasteiger partial charge in [-0.25, -0.2) is 0 Å². The van der Waals surface area contributed by atoms with Gasteiger partial charge in [-0.3, -0.25) is 4.79 Å². The molecular formula is C22H26N2O3. The van der Waals surface area contributed by atoms with E-state index < -0.39 is 0 Å². The Hall–Kier alpha value is -2.53. The maximum atomic E-state index is 12.8. The van der Waals surface area contributed by atoms with Gasteiger partial charge >= 0.3 is 0 Å². The Kier molecular flexibility index (Phi) is 5.58. The molecule has 0 aromatic heterocycles. The largest absolute Gasteiger partial charge is 0.491 e. The van der Waals surface area contributed by atoms with Crippen molar-refractivity contribution in [3.8, 4) is 5.75 Å². The van der Waals surface area contributed by atoms with Crippen LogP contribution in [-0.2, 0) is 4.74 Å². The van der Waals surface area contributed by atoms with Gasteiger partial charge in [-0.05, 0) is 49.2 Å². The number of anilines is 1. The number of hydrogen-bond acceptors (Lipinski definition) is 4. The molecule has 5 nitrogen and oxygen atoms in total. The van der Waals surface area contributed by atoms with Gasteiger partial charge in [0.2, 0.25) is 0 Å². The second-order valence-corrected chi connectivity index (χ2v) is 7.09. The predicted octanol–water partition coefficient (Wildman–Crippen LogP) is 3.21. The van der Waals surface area contributed by atoms with Crippen LogP contribution in [0.5, 0.6) is 5.75 Å². The quantitative estimate of drug-likeness (QED) is 0.815. The minimum Gasteiger partial charge on any atom is -0.491 e. The number of benzene rings is 2. The summed E-state index contributed by atoms with van der Waals surface area (Å²) in [5, 5.41) is 0. The molecule has 2 aliphatic rings. The third-order valence-electron chi connectivity index (χ3n) is 5.25. The molecule has 27 heavy (non-hydrogen) atoms. The fourth-order valence-electron chi connectivity index (χ4n) is 3.65. The Morgan fingerprint density at radius 2 is 1.74 bits per heavy atom. The molecule has 2 aliphatic heterocycles. The van der Waals surface area contributed by atoms with E-state index in [1.54, 1.807) is 0 Å². The van der Waals surface area contributed by atoms with Crippen LogP contribution in [0.2, 0.25) is 0 Å². The van der Waals surface area contributed by atoms with E-state index in [0.29, 0.717) is 12.2 Å². The molecule has 0 saturated carbocycles. The summed E-state index contributed by atoms with van der Waals surface area (Å²) >= 11 is 0. The monoisotopic (exact) mass is 366 g/mol. The molecule has 0 bridgehead atoms. The topological polar surface area (TPSA) is 42.0 Å². The van der Waals surface area contributed by atoms with Crippen molar-refractivity contribution >= 4 is 11.6 Å². The average molecular weight is 366 g/mol. The SMILES string of the molecule is O=C(c1ccc(OC[C@@H]2CCCO2)cc1)N1CCN(c2ccccc2)CC1. The van der Waals surface area contributed by atoms with Gasteiger partial charge in [-0.15, -0.1) is 0 Å². The Morgan fingerprint density at radius 1 is 1.00 bits per heavy atom. The van der Waals surface area contributed by atoms with Gasteiger partial charge in [0.15, 0.2) is 0 Å². The molecule has 2 aromatic rings. The summed E-state index contributed by atoms with van der Waals surface area (Å²) in [6.07, 6.45) is 2.37. The van der Waals surface area contributed by atoms with E-state index in [1.165, 1.54) is 5.69 Å². The molecule has 2 heterocycles. The maximum absolute atomic E-state index is 12.8. The van der Waals surface area contributed by atoms with Gasteiger partial charge in [-0.2, -0.15) is 0 Å². The number of ether oxygens (including phenoxy) is 2. The lowest BCUT2D eigenvalue weighted by Gasteiger charge is -2.36. The number of hydrogen-bond donors (Lipinski definition) is 0. The van der Waals surface area contributed by atoms with Crippen molar-refractivity contribution < 1.29 is 14.3 Å². The zero-order valence-corrected chi connectivity index (χ0v) is 15.5. The first kappa shape index (κ1) is 17.9. The molecule has 0 aliphatic carbocycles. The van der Waals surface area contributed by atoms with Crippen molar-refractivity contribution in [2.45, 2.75) is 18.9 Å². The molecule has 1 amide bonds. The highest BCUT2D eigenvalue weighted by Gasteiger charge is 2.22. The smallest absolute Gasteiger partial charge is 0.253 e. The first-order valence-electron chi connectivity index (χ1n) is 9.73. The minimum absolute atomic E-state index is 0.0911. The van der Waals surface area contributed by atoms with Gasteiger partial charge in [0.25, 0.3) is 5.91 Å². The molecule has 142 valence electrons. The molecule has 0 unspecified atom stereocenters. The number of piperazine rings is 1. The van der Waals surface area contributed by atoms with E-state index in [4.69, 9.17) is 9.47 Å². The van der Waals surface area contributed by atoms with Gasteiger partial charge in [-0.1, -0.05) is 18.2 Å². The van der Waals surface area contributed by atoms with Crippen LogP contribution in [0.1, 0.15) is 23.2 Å². The Bertz CT molecular complexity index is 734. The number of rotatable bonds is 5. The minimum atomic E-state index is 0.0911. The summed E-state index contributed by atoms with van der Waals surface area (Å²) < 4.78 is 11.3. The van der Waals surface area contributed by atoms with E-state index in [0.717, 1.165) is 51.4 Å². The second-order valence-electron chi connectivity index (χ2n) is 7.09. The zero-order chi connectivity index (χ0) is 18.5. The number of amides is 1. The molecule has 2 saturated heterocycles. The van der Waals surface area contributed by atoms with Crippen LogP contribution in [0.3, 0.4) is 0 Å². The fraction of sp³-hybridized carbons (Fsp3) is 0.409. The van der Waals surface area contributed by atoms with E-state index in [-0.39, 0.29) is 12.0 Å². The van der Waals surface area contributed by atoms with Crippen molar-refractivity contribution in [3.05, 3.63) is 60.2 Å². The van der Waals surface area contributed by atoms with Crippen LogP contribution < -0.4 is 9.64 Å². The summed E-state index contributed by atoms with van der Waals surface area (Å²) in [6, 6.07) is 17.8.